The fourth-order valence-electron chi connectivity index (χ4n) is 2.10. The number of methoxy groups -OCH3 is 1. The van der Waals surface area contributed by atoms with Gasteiger partial charge in [-0.25, -0.2) is 0 Å². The van der Waals surface area contributed by atoms with E-state index >= 15 is 0 Å². The number of benzene rings is 1. The predicted molar refractivity (Wildman–Crippen MR) is 88.2 cm³/mol. The average molecular weight is 317 g/mol. The molecule has 2 aromatic rings. The Morgan fingerprint density at radius 2 is 1.91 bits per heavy atom. The number of hydrogen-bond donors (Lipinski definition) is 1. The first-order chi connectivity index (χ1) is 11.3. The molecule has 0 saturated carbocycles. The minimum Gasteiger partial charge on any atom is -0.461 e. The molecule has 5 heteroatoms. The van der Waals surface area contributed by atoms with E-state index in [1.165, 1.54) is 0 Å². The number of nitrogens with one attached hydrogen (secondary N) is 1. The number of rotatable bonds is 10. The first-order valence-electron chi connectivity index (χ1n) is 7.77. The molecular formula is C18H23NO4. The highest BCUT2D eigenvalue weighted by Crippen LogP contribution is 2.22. The maximum Gasteiger partial charge on any atom is 0.220 e. The lowest BCUT2D eigenvalue weighted by Crippen LogP contribution is -2.27. The van der Waals surface area contributed by atoms with Crippen molar-refractivity contribution in [3.63, 3.8) is 0 Å². The smallest absolute Gasteiger partial charge is 0.220 e. The van der Waals surface area contributed by atoms with Crippen LogP contribution in [0.3, 0.4) is 0 Å². The van der Waals surface area contributed by atoms with E-state index in [4.69, 9.17) is 13.9 Å². The highest BCUT2D eigenvalue weighted by Gasteiger charge is 2.07. The van der Waals surface area contributed by atoms with E-state index in [1.807, 2.05) is 42.5 Å². The fraction of sp³-hybridized carbons (Fsp3) is 0.389. The second kappa shape index (κ2) is 9.82. The van der Waals surface area contributed by atoms with Crippen molar-refractivity contribution < 1.29 is 18.7 Å². The van der Waals surface area contributed by atoms with Crippen LogP contribution in [0.1, 0.15) is 12.2 Å². The van der Waals surface area contributed by atoms with Gasteiger partial charge in [-0.1, -0.05) is 30.3 Å². The van der Waals surface area contributed by atoms with Crippen LogP contribution in [0.15, 0.2) is 46.9 Å². The van der Waals surface area contributed by atoms with E-state index in [-0.39, 0.29) is 5.91 Å². The molecule has 0 atom stereocenters. The van der Waals surface area contributed by atoms with Gasteiger partial charge in [0.25, 0.3) is 0 Å². The molecule has 1 heterocycles. The molecule has 23 heavy (non-hydrogen) atoms. The van der Waals surface area contributed by atoms with Crippen molar-refractivity contribution >= 4 is 5.91 Å². The van der Waals surface area contributed by atoms with E-state index in [9.17, 15) is 4.79 Å². The van der Waals surface area contributed by atoms with Gasteiger partial charge in [0.15, 0.2) is 0 Å². The van der Waals surface area contributed by atoms with E-state index < -0.39 is 0 Å². The van der Waals surface area contributed by atoms with Crippen LogP contribution in [0.25, 0.3) is 11.3 Å². The number of hydrogen-bond acceptors (Lipinski definition) is 4. The molecule has 0 unspecified atom stereocenters. The predicted octanol–water partition coefficient (Wildman–Crippen LogP) is 2.66. The molecule has 1 aromatic carbocycles. The van der Waals surface area contributed by atoms with Crippen molar-refractivity contribution in [2.45, 2.75) is 12.8 Å². The molecule has 0 radical (unpaired) electrons. The zero-order valence-corrected chi connectivity index (χ0v) is 13.4. The number of carbonyl (C=O) groups excluding carboxylic acids is 1. The Balaban J connectivity index is 1.66. The van der Waals surface area contributed by atoms with E-state index in [0.29, 0.717) is 39.2 Å². The van der Waals surface area contributed by atoms with Gasteiger partial charge < -0.3 is 19.2 Å². The monoisotopic (exact) mass is 317 g/mol. The van der Waals surface area contributed by atoms with Crippen LogP contribution < -0.4 is 5.32 Å². The van der Waals surface area contributed by atoms with Gasteiger partial charge in [-0.3, -0.25) is 4.79 Å². The van der Waals surface area contributed by atoms with Crippen molar-refractivity contribution in [1.82, 2.24) is 5.32 Å². The SMILES string of the molecule is COCCOCCNC(=O)CCc1ccc(-c2ccccc2)o1. The molecule has 1 amide bonds. The third-order valence-corrected chi connectivity index (χ3v) is 3.32. The second-order valence-corrected chi connectivity index (χ2v) is 5.09. The lowest BCUT2D eigenvalue weighted by molar-refractivity contribution is -0.121. The Bertz CT molecular complexity index is 580. The van der Waals surface area contributed by atoms with Crippen molar-refractivity contribution in [1.29, 1.82) is 0 Å². The number of aryl methyl sites for hydroxylation is 1. The summed E-state index contributed by atoms with van der Waals surface area (Å²) in [5.41, 5.74) is 1.04. The number of furan rings is 1. The maximum absolute atomic E-state index is 11.7. The van der Waals surface area contributed by atoms with Crippen LogP contribution in [0.2, 0.25) is 0 Å². The largest absolute Gasteiger partial charge is 0.461 e. The summed E-state index contributed by atoms with van der Waals surface area (Å²) in [4.78, 5) is 11.7. The van der Waals surface area contributed by atoms with Crippen LogP contribution in [0, 0.1) is 0 Å². The van der Waals surface area contributed by atoms with Gasteiger partial charge in [-0.15, -0.1) is 0 Å². The lowest BCUT2D eigenvalue weighted by atomic mass is 10.2. The summed E-state index contributed by atoms with van der Waals surface area (Å²) >= 11 is 0. The lowest BCUT2D eigenvalue weighted by Gasteiger charge is -2.05. The van der Waals surface area contributed by atoms with Crippen LogP contribution >= 0.6 is 0 Å². The highest BCUT2D eigenvalue weighted by atomic mass is 16.5. The number of carbonyl (C=O) groups is 1. The number of amides is 1. The molecule has 0 fully saturated rings. The molecule has 1 aromatic heterocycles. The van der Waals surface area contributed by atoms with Crippen LogP contribution in [-0.4, -0.2) is 39.4 Å². The summed E-state index contributed by atoms with van der Waals surface area (Å²) in [6.45, 7) is 2.11. The Morgan fingerprint density at radius 3 is 2.70 bits per heavy atom. The second-order valence-electron chi connectivity index (χ2n) is 5.09. The standard InChI is InChI=1S/C18H23NO4/c1-21-13-14-22-12-11-19-18(20)10-8-16-7-9-17(23-16)15-5-3-2-4-6-15/h2-7,9H,8,10-14H2,1H3,(H,19,20). The van der Waals surface area contributed by atoms with E-state index in [2.05, 4.69) is 5.32 Å². The first kappa shape index (κ1) is 17.2. The van der Waals surface area contributed by atoms with Crippen molar-refractivity contribution in [3.05, 3.63) is 48.2 Å². The van der Waals surface area contributed by atoms with Gasteiger partial charge in [-0.2, -0.15) is 0 Å². The highest BCUT2D eigenvalue weighted by molar-refractivity contribution is 5.76. The van der Waals surface area contributed by atoms with Crippen LogP contribution in [-0.2, 0) is 20.7 Å². The zero-order chi connectivity index (χ0) is 16.3. The summed E-state index contributed by atoms with van der Waals surface area (Å²) in [6, 6.07) is 13.8. The molecule has 2 rings (SSSR count). The van der Waals surface area contributed by atoms with Gasteiger partial charge in [-0.05, 0) is 12.1 Å². The van der Waals surface area contributed by atoms with Gasteiger partial charge in [0, 0.05) is 32.1 Å². The summed E-state index contributed by atoms with van der Waals surface area (Å²) in [5.74, 6) is 1.64. The van der Waals surface area contributed by atoms with Crippen molar-refractivity contribution in [2.75, 3.05) is 33.5 Å². The molecule has 0 spiro atoms. The normalized spacial score (nSPS) is 10.7. The summed E-state index contributed by atoms with van der Waals surface area (Å²) in [6.07, 6.45) is 0.989. The fourth-order valence-corrected chi connectivity index (χ4v) is 2.10. The quantitative estimate of drug-likeness (QED) is 0.684. The minimum absolute atomic E-state index is 0.00185. The third kappa shape index (κ3) is 6.26. The molecular weight excluding hydrogens is 294 g/mol. The summed E-state index contributed by atoms with van der Waals surface area (Å²) in [5, 5.41) is 2.82. The molecule has 124 valence electrons. The molecule has 0 aliphatic carbocycles. The minimum atomic E-state index is -0.00185. The molecule has 0 aliphatic heterocycles. The maximum atomic E-state index is 11.7. The van der Waals surface area contributed by atoms with Crippen molar-refractivity contribution in [2.24, 2.45) is 0 Å². The Labute approximate surface area is 136 Å². The van der Waals surface area contributed by atoms with Gasteiger partial charge >= 0.3 is 0 Å². The van der Waals surface area contributed by atoms with Crippen molar-refractivity contribution in [3.8, 4) is 11.3 Å². The first-order valence-corrected chi connectivity index (χ1v) is 7.77. The van der Waals surface area contributed by atoms with E-state index in [0.717, 1.165) is 17.1 Å². The summed E-state index contributed by atoms with van der Waals surface area (Å²) in [7, 11) is 1.63. The average Bonchev–Trinajstić information content (AvgIpc) is 3.06. The molecule has 0 bridgehead atoms. The molecule has 1 N–H and O–H groups in total. The van der Waals surface area contributed by atoms with Gasteiger partial charge in [0.2, 0.25) is 5.91 Å². The van der Waals surface area contributed by atoms with Gasteiger partial charge in [0.05, 0.1) is 19.8 Å². The third-order valence-electron chi connectivity index (χ3n) is 3.32. The van der Waals surface area contributed by atoms with Crippen LogP contribution in [0.5, 0.6) is 0 Å². The van der Waals surface area contributed by atoms with Gasteiger partial charge in [0.1, 0.15) is 11.5 Å². The molecule has 0 aliphatic rings. The zero-order valence-electron chi connectivity index (χ0n) is 13.4. The topological polar surface area (TPSA) is 60.7 Å². The molecule has 5 nitrogen and oxygen atoms in total. The van der Waals surface area contributed by atoms with Crippen LogP contribution in [0.4, 0.5) is 0 Å². The number of ether oxygens (including phenoxy) is 2. The summed E-state index contributed by atoms with van der Waals surface area (Å²) < 4.78 is 15.9. The Morgan fingerprint density at radius 1 is 1.09 bits per heavy atom. The molecule has 0 saturated heterocycles. The Hall–Kier alpha value is -2.11. The Kier molecular flexibility index (Phi) is 7.36. The van der Waals surface area contributed by atoms with E-state index in [1.54, 1.807) is 7.11 Å².